The molecule has 2 rings (SSSR count). The van der Waals surface area contributed by atoms with E-state index in [2.05, 4.69) is 0 Å². The minimum Gasteiger partial charge on any atom is -0.478 e. The minimum absolute atomic E-state index is 0.233. The predicted octanol–water partition coefficient (Wildman–Crippen LogP) is 1.19. The van der Waals surface area contributed by atoms with Crippen LogP contribution >= 0.6 is 0 Å². The van der Waals surface area contributed by atoms with Crippen molar-refractivity contribution in [2.24, 2.45) is 0 Å². The van der Waals surface area contributed by atoms with Gasteiger partial charge in [-0.15, -0.1) is 0 Å². The molecule has 1 aliphatic rings. The van der Waals surface area contributed by atoms with Gasteiger partial charge in [0.25, 0.3) is 0 Å². The van der Waals surface area contributed by atoms with Crippen molar-refractivity contribution < 1.29 is 14.6 Å². The molecule has 1 unspecified atom stereocenters. The van der Waals surface area contributed by atoms with Gasteiger partial charge in [0, 0.05) is 19.3 Å². The van der Waals surface area contributed by atoms with Gasteiger partial charge in [0.1, 0.15) is 0 Å². The first-order valence-electron chi connectivity index (χ1n) is 5.53. The van der Waals surface area contributed by atoms with Crippen molar-refractivity contribution in [3.63, 3.8) is 0 Å². The Kier molecular flexibility index (Phi) is 3.19. The molecule has 0 spiro atoms. The lowest BCUT2D eigenvalue weighted by Crippen LogP contribution is -2.33. The maximum absolute atomic E-state index is 11.2. The van der Waals surface area contributed by atoms with Crippen LogP contribution in [0.25, 0.3) is 0 Å². The summed E-state index contributed by atoms with van der Waals surface area (Å²) >= 11 is 0. The molecule has 0 aliphatic carbocycles. The van der Waals surface area contributed by atoms with Crippen LogP contribution < -0.4 is 10.6 Å². The summed E-state index contributed by atoms with van der Waals surface area (Å²) in [5.74, 6) is -0.960. The first kappa shape index (κ1) is 11.7. The molecule has 0 saturated carbocycles. The van der Waals surface area contributed by atoms with Crippen molar-refractivity contribution in [1.29, 1.82) is 0 Å². The molecule has 0 radical (unpaired) electrons. The summed E-state index contributed by atoms with van der Waals surface area (Å²) < 4.78 is 5.31. The van der Waals surface area contributed by atoms with Gasteiger partial charge in [0.15, 0.2) is 0 Å². The average molecular weight is 236 g/mol. The largest absolute Gasteiger partial charge is 0.478 e. The van der Waals surface area contributed by atoms with Crippen LogP contribution in [0.2, 0.25) is 0 Å². The summed E-state index contributed by atoms with van der Waals surface area (Å²) in [6.07, 6.45) is 0.917. The van der Waals surface area contributed by atoms with E-state index >= 15 is 0 Å². The number of rotatable bonds is 3. The van der Waals surface area contributed by atoms with E-state index in [0.717, 1.165) is 13.0 Å². The Balaban J connectivity index is 2.33. The molecule has 0 amide bonds. The number of nitrogens with two attached hydrogens (primary N) is 1. The van der Waals surface area contributed by atoms with E-state index in [4.69, 9.17) is 15.6 Å². The highest BCUT2D eigenvalue weighted by molar-refractivity contribution is 5.95. The van der Waals surface area contributed by atoms with E-state index in [0.29, 0.717) is 18.0 Å². The number of hydrogen-bond acceptors (Lipinski definition) is 4. The number of ether oxygens (including phenoxy) is 1. The zero-order valence-corrected chi connectivity index (χ0v) is 9.72. The molecule has 1 heterocycles. The standard InChI is InChI=1S/C12H16N2O3/c1-14(9-4-5-17-7-9)11-3-2-8(13)6-10(11)12(15)16/h2-3,6,9H,4-5,7,13H2,1H3,(H,15,16). The van der Waals surface area contributed by atoms with E-state index < -0.39 is 5.97 Å². The van der Waals surface area contributed by atoms with E-state index in [-0.39, 0.29) is 11.6 Å². The Morgan fingerprint density at radius 1 is 1.59 bits per heavy atom. The van der Waals surface area contributed by atoms with Crippen LogP contribution in [0.3, 0.4) is 0 Å². The topological polar surface area (TPSA) is 75.8 Å². The van der Waals surface area contributed by atoms with Crippen molar-refractivity contribution in [3.8, 4) is 0 Å². The van der Waals surface area contributed by atoms with Gasteiger partial charge >= 0.3 is 5.97 Å². The highest BCUT2D eigenvalue weighted by atomic mass is 16.5. The summed E-state index contributed by atoms with van der Waals surface area (Å²) in [5, 5.41) is 9.17. The number of likely N-dealkylation sites (N-methyl/N-ethyl adjacent to an activating group) is 1. The highest BCUT2D eigenvalue weighted by Crippen LogP contribution is 2.26. The number of carbonyl (C=O) groups is 1. The molecule has 1 saturated heterocycles. The first-order chi connectivity index (χ1) is 8.09. The maximum Gasteiger partial charge on any atom is 0.337 e. The summed E-state index contributed by atoms with van der Waals surface area (Å²) in [6, 6.07) is 5.19. The third kappa shape index (κ3) is 2.34. The minimum atomic E-state index is -0.960. The molecular weight excluding hydrogens is 220 g/mol. The Hall–Kier alpha value is -1.75. The zero-order valence-electron chi connectivity index (χ0n) is 9.72. The van der Waals surface area contributed by atoms with Crippen LogP contribution in [-0.2, 0) is 4.74 Å². The normalized spacial score (nSPS) is 19.2. The number of hydrogen-bond donors (Lipinski definition) is 2. The monoisotopic (exact) mass is 236 g/mol. The molecule has 17 heavy (non-hydrogen) atoms. The third-order valence-electron chi connectivity index (χ3n) is 3.08. The molecule has 0 aromatic heterocycles. The van der Waals surface area contributed by atoms with Gasteiger partial charge in [-0.1, -0.05) is 0 Å². The van der Waals surface area contributed by atoms with Gasteiger partial charge in [-0.25, -0.2) is 4.79 Å². The second-order valence-electron chi connectivity index (χ2n) is 4.21. The van der Waals surface area contributed by atoms with Crippen molar-refractivity contribution in [2.45, 2.75) is 12.5 Å². The third-order valence-corrected chi connectivity index (χ3v) is 3.08. The first-order valence-corrected chi connectivity index (χ1v) is 5.53. The number of anilines is 2. The number of nitrogens with zero attached hydrogens (tertiary/aromatic N) is 1. The quantitative estimate of drug-likeness (QED) is 0.771. The van der Waals surface area contributed by atoms with Crippen LogP contribution in [-0.4, -0.2) is 37.4 Å². The number of benzene rings is 1. The van der Waals surface area contributed by atoms with Crippen LogP contribution in [0.1, 0.15) is 16.8 Å². The zero-order chi connectivity index (χ0) is 12.4. The lowest BCUT2D eigenvalue weighted by atomic mass is 10.1. The summed E-state index contributed by atoms with van der Waals surface area (Å²) in [6.45, 7) is 1.37. The molecule has 3 N–H and O–H groups in total. The number of carboxylic acids is 1. The van der Waals surface area contributed by atoms with E-state index in [1.807, 2.05) is 11.9 Å². The highest BCUT2D eigenvalue weighted by Gasteiger charge is 2.23. The molecule has 1 aromatic rings. The molecule has 0 bridgehead atoms. The molecule has 5 nitrogen and oxygen atoms in total. The Morgan fingerprint density at radius 2 is 2.35 bits per heavy atom. The molecular formula is C12H16N2O3. The summed E-state index contributed by atoms with van der Waals surface area (Å²) in [4.78, 5) is 13.1. The van der Waals surface area contributed by atoms with E-state index in [1.165, 1.54) is 6.07 Å². The lowest BCUT2D eigenvalue weighted by molar-refractivity contribution is 0.0697. The van der Waals surface area contributed by atoms with E-state index in [9.17, 15) is 4.79 Å². The number of nitrogen functional groups attached to an aromatic ring is 1. The fraction of sp³-hybridized carbons (Fsp3) is 0.417. The molecule has 5 heteroatoms. The van der Waals surface area contributed by atoms with Crippen molar-refractivity contribution in [3.05, 3.63) is 23.8 Å². The predicted molar refractivity (Wildman–Crippen MR) is 65.4 cm³/mol. The fourth-order valence-corrected chi connectivity index (χ4v) is 2.06. The van der Waals surface area contributed by atoms with Gasteiger partial charge in [-0.05, 0) is 24.6 Å². The SMILES string of the molecule is CN(c1ccc(N)cc1C(=O)O)C1CCOC1. The van der Waals surface area contributed by atoms with E-state index in [1.54, 1.807) is 12.1 Å². The number of aromatic carboxylic acids is 1. The van der Waals surface area contributed by atoms with Gasteiger partial charge in [-0.2, -0.15) is 0 Å². The molecule has 92 valence electrons. The smallest absolute Gasteiger partial charge is 0.337 e. The Bertz CT molecular complexity index is 428. The lowest BCUT2D eigenvalue weighted by Gasteiger charge is -2.26. The Labute approximate surface area is 99.8 Å². The van der Waals surface area contributed by atoms with Gasteiger partial charge in [-0.3, -0.25) is 0 Å². The van der Waals surface area contributed by atoms with Gasteiger partial charge in [0.05, 0.1) is 23.9 Å². The number of carboxylic acid groups (broad SMARTS) is 1. The summed E-state index contributed by atoms with van der Waals surface area (Å²) in [7, 11) is 1.89. The molecule has 1 fully saturated rings. The summed E-state index contributed by atoms with van der Waals surface area (Å²) in [5.41, 5.74) is 6.99. The van der Waals surface area contributed by atoms with Crippen LogP contribution in [0, 0.1) is 0 Å². The molecule has 1 aromatic carbocycles. The fourth-order valence-electron chi connectivity index (χ4n) is 2.06. The van der Waals surface area contributed by atoms with Crippen LogP contribution in [0.5, 0.6) is 0 Å². The van der Waals surface area contributed by atoms with Crippen molar-refractivity contribution in [1.82, 2.24) is 0 Å². The van der Waals surface area contributed by atoms with Gasteiger partial charge < -0.3 is 20.5 Å². The van der Waals surface area contributed by atoms with Crippen LogP contribution in [0.15, 0.2) is 18.2 Å². The second kappa shape index (κ2) is 4.63. The van der Waals surface area contributed by atoms with Crippen molar-refractivity contribution >= 4 is 17.3 Å². The second-order valence-corrected chi connectivity index (χ2v) is 4.21. The van der Waals surface area contributed by atoms with Gasteiger partial charge in [0.2, 0.25) is 0 Å². The van der Waals surface area contributed by atoms with Crippen molar-refractivity contribution in [2.75, 3.05) is 30.9 Å². The maximum atomic E-state index is 11.2. The van der Waals surface area contributed by atoms with Crippen LogP contribution in [0.4, 0.5) is 11.4 Å². The average Bonchev–Trinajstić information content (AvgIpc) is 2.81. The molecule has 1 atom stereocenters. The Morgan fingerprint density at radius 3 is 2.94 bits per heavy atom. The molecule has 1 aliphatic heterocycles.